The zero-order valence-corrected chi connectivity index (χ0v) is 11.4. The lowest BCUT2D eigenvalue weighted by Gasteiger charge is -2.17. The van der Waals surface area contributed by atoms with Crippen molar-refractivity contribution < 1.29 is 9.84 Å². The van der Waals surface area contributed by atoms with Gasteiger partial charge in [-0.1, -0.05) is 0 Å². The summed E-state index contributed by atoms with van der Waals surface area (Å²) in [5.41, 5.74) is 0.349. The Morgan fingerprint density at radius 2 is 2.41 bits per heavy atom. The third-order valence-electron chi connectivity index (χ3n) is 2.23. The van der Waals surface area contributed by atoms with E-state index in [1.807, 2.05) is 6.92 Å². The lowest BCUT2D eigenvalue weighted by molar-refractivity contribution is 0.153. The van der Waals surface area contributed by atoms with E-state index in [4.69, 9.17) is 9.84 Å². The summed E-state index contributed by atoms with van der Waals surface area (Å²) in [5, 5.41) is 16.1. The molecule has 1 aromatic rings. The Hall–Kier alpha value is -0.920. The normalized spacial score (nSPS) is 12.5. The SMILES string of the molecule is CCn1ncc(NC(CO)COC)c(Br)c1=O. The molecule has 0 aromatic carbocycles. The van der Waals surface area contributed by atoms with Crippen LogP contribution in [0.15, 0.2) is 15.5 Å². The molecule has 7 heteroatoms. The number of halogens is 1. The van der Waals surface area contributed by atoms with Crippen molar-refractivity contribution in [2.45, 2.75) is 19.5 Å². The van der Waals surface area contributed by atoms with Crippen molar-refractivity contribution in [2.24, 2.45) is 0 Å². The number of methoxy groups -OCH3 is 1. The van der Waals surface area contributed by atoms with Gasteiger partial charge in [-0.2, -0.15) is 5.10 Å². The highest BCUT2D eigenvalue weighted by atomic mass is 79.9. The molecule has 2 N–H and O–H groups in total. The second-order valence-electron chi connectivity index (χ2n) is 3.47. The number of hydrogen-bond donors (Lipinski definition) is 2. The van der Waals surface area contributed by atoms with Crippen molar-refractivity contribution in [2.75, 3.05) is 25.6 Å². The molecule has 1 rings (SSSR count). The van der Waals surface area contributed by atoms with E-state index in [0.717, 1.165) is 0 Å². The predicted molar refractivity (Wildman–Crippen MR) is 68.2 cm³/mol. The Labute approximate surface area is 108 Å². The molecule has 17 heavy (non-hydrogen) atoms. The summed E-state index contributed by atoms with van der Waals surface area (Å²) in [6, 6.07) is -0.269. The molecule has 0 aliphatic heterocycles. The minimum Gasteiger partial charge on any atom is -0.394 e. The number of anilines is 1. The van der Waals surface area contributed by atoms with Gasteiger partial charge in [0.05, 0.1) is 31.1 Å². The molecule has 6 nitrogen and oxygen atoms in total. The molecule has 1 atom stereocenters. The van der Waals surface area contributed by atoms with Crippen molar-refractivity contribution in [1.29, 1.82) is 0 Å². The Bertz CT molecular complexity index is 422. The van der Waals surface area contributed by atoms with Gasteiger partial charge in [0.1, 0.15) is 4.47 Å². The van der Waals surface area contributed by atoms with Crippen LogP contribution in [0.3, 0.4) is 0 Å². The smallest absolute Gasteiger partial charge is 0.283 e. The van der Waals surface area contributed by atoms with E-state index in [2.05, 4.69) is 26.3 Å². The number of ether oxygens (including phenoxy) is 1. The van der Waals surface area contributed by atoms with Crippen LogP contribution in [0.5, 0.6) is 0 Å². The third kappa shape index (κ3) is 3.52. The van der Waals surface area contributed by atoms with E-state index in [1.54, 1.807) is 13.3 Å². The van der Waals surface area contributed by atoms with Crippen molar-refractivity contribution in [3.63, 3.8) is 0 Å². The van der Waals surface area contributed by atoms with Gasteiger partial charge in [-0.3, -0.25) is 4.79 Å². The van der Waals surface area contributed by atoms with Crippen LogP contribution in [-0.4, -0.2) is 41.3 Å². The zero-order chi connectivity index (χ0) is 12.8. The van der Waals surface area contributed by atoms with Crippen LogP contribution >= 0.6 is 15.9 Å². The fourth-order valence-corrected chi connectivity index (χ4v) is 1.77. The van der Waals surface area contributed by atoms with Gasteiger partial charge in [0.2, 0.25) is 0 Å². The standard InChI is InChI=1S/C10H16BrN3O3/c1-3-14-10(16)9(11)8(4-12-14)13-7(5-15)6-17-2/h4,7,13,15H,3,5-6H2,1-2H3. The summed E-state index contributed by atoms with van der Waals surface area (Å²) < 4.78 is 6.69. The van der Waals surface area contributed by atoms with E-state index < -0.39 is 0 Å². The van der Waals surface area contributed by atoms with Crippen LogP contribution in [0.4, 0.5) is 5.69 Å². The Balaban J connectivity index is 2.92. The summed E-state index contributed by atoms with van der Waals surface area (Å²) in [7, 11) is 1.55. The number of aromatic nitrogens is 2. The second kappa shape index (κ2) is 6.73. The lowest BCUT2D eigenvalue weighted by atomic mass is 10.3. The summed E-state index contributed by atoms with van der Waals surface area (Å²) in [4.78, 5) is 11.8. The molecule has 0 spiro atoms. The first-order valence-corrected chi connectivity index (χ1v) is 6.05. The molecule has 0 fully saturated rings. The topological polar surface area (TPSA) is 76.4 Å². The van der Waals surface area contributed by atoms with E-state index in [1.165, 1.54) is 4.68 Å². The van der Waals surface area contributed by atoms with Crippen molar-refractivity contribution in [3.05, 3.63) is 21.0 Å². The molecule has 96 valence electrons. The van der Waals surface area contributed by atoms with Crippen LogP contribution in [0, 0.1) is 0 Å². The maximum atomic E-state index is 11.8. The largest absolute Gasteiger partial charge is 0.394 e. The molecule has 0 radical (unpaired) electrons. The summed E-state index contributed by atoms with van der Waals surface area (Å²) in [5.74, 6) is 0. The van der Waals surface area contributed by atoms with Crippen molar-refractivity contribution in [1.82, 2.24) is 9.78 Å². The molecule has 1 unspecified atom stereocenters. The maximum absolute atomic E-state index is 11.8. The number of nitrogens with zero attached hydrogens (tertiary/aromatic N) is 2. The fraction of sp³-hybridized carbons (Fsp3) is 0.600. The molecule has 0 amide bonds. The number of aryl methyl sites for hydroxylation is 1. The second-order valence-corrected chi connectivity index (χ2v) is 4.27. The number of hydrogen-bond acceptors (Lipinski definition) is 5. The maximum Gasteiger partial charge on any atom is 0.283 e. The van der Waals surface area contributed by atoms with Gasteiger partial charge in [0.25, 0.3) is 5.56 Å². The van der Waals surface area contributed by atoms with Gasteiger partial charge in [-0.15, -0.1) is 0 Å². The fourth-order valence-electron chi connectivity index (χ4n) is 1.35. The molecule has 0 bridgehead atoms. The number of rotatable bonds is 6. The number of aliphatic hydroxyl groups is 1. The van der Waals surface area contributed by atoms with Gasteiger partial charge < -0.3 is 15.2 Å². The molecular weight excluding hydrogens is 290 g/mol. The number of nitrogens with one attached hydrogen (secondary N) is 1. The first kappa shape index (κ1) is 14.1. The van der Waals surface area contributed by atoms with E-state index >= 15 is 0 Å². The minimum absolute atomic E-state index is 0.0862. The van der Waals surface area contributed by atoms with Crippen LogP contribution in [0.25, 0.3) is 0 Å². The zero-order valence-electron chi connectivity index (χ0n) is 9.81. The van der Waals surface area contributed by atoms with E-state index in [0.29, 0.717) is 23.3 Å². The monoisotopic (exact) mass is 305 g/mol. The first-order valence-electron chi connectivity index (χ1n) is 5.26. The molecule has 1 aromatic heterocycles. The van der Waals surface area contributed by atoms with Crippen LogP contribution in [-0.2, 0) is 11.3 Å². The van der Waals surface area contributed by atoms with Crippen LogP contribution < -0.4 is 10.9 Å². The Kier molecular flexibility index (Phi) is 5.60. The highest BCUT2D eigenvalue weighted by molar-refractivity contribution is 9.10. The quantitative estimate of drug-likeness (QED) is 0.798. The first-order chi connectivity index (χ1) is 8.13. The lowest BCUT2D eigenvalue weighted by Crippen LogP contribution is -2.31. The van der Waals surface area contributed by atoms with Crippen LogP contribution in [0.2, 0.25) is 0 Å². The van der Waals surface area contributed by atoms with Crippen molar-refractivity contribution >= 4 is 21.6 Å². The average Bonchev–Trinajstić information content (AvgIpc) is 2.34. The molecule has 0 aliphatic rings. The molecule has 0 saturated carbocycles. The van der Waals surface area contributed by atoms with Gasteiger partial charge in [-0.05, 0) is 22.9 Å². The molecular formula is C10H16BrN3O3. The summed E-state index contributed by atoms with van der Waals surface area (Å²) >= 11 is 3.22. The van der Waals surface area contributed by atoms with Gasteiger partial charge in [-0.25, -0.2) is 4.68 Å². The van der Waals surface area contributed by atoms with Gasteiger partial charge in [0, 0.05) is 13.7 Å². The Morgan fingerprint density at radius 3 is 2.94 bits per heavy atom. The molecule has 1 heterocycles. The Morgan fingerprint density at radius 1 is 1.71 bits per heavy atom. The van der Waals surface area contributed by atoms with E-state index in [-0.39, 0.29) is 18.2 Å². The van der Waals surface area contributed by atoms with Gasteiger partial charge in [0.15, 0.2) is 0 Å². The van der Waals surface area contributed by atoms with E-state index in [9.17, 15) is 4.79 Å². The third-order valence-corrected chi connectivity index (χ3v) is 3.00. The minimum atomic E-state index is -0.269. The van der Waals surface area contributed by atoms with Crippen LogP contribution in [0.1, 0.15) is 6.92 Å². The van der Waals surface area contributed by atoms with Crippen molar-refractivity contribution in [3.8, 4) is 0 Å². The highest BCUT2D eigenvalue weighted by Crippen LogP contribution is 2.17. The number of aliphatic hydroxyl groups excluding tert-OH is 1. The van der Waals surface area contributed by atoms with Gasteiger partial charge >= 0.3 is 0 Å². The summed E-state index contributed by atoms with van der Waals surface area (Å²) in [6.07, 6.45) is 1.55. The predicted octanol–water partition coefficient (Wildman–Crippen LogP) is 0.445. The highest BCUT2D eigenvalue weighted by Gasteiger charge is 2.12. The average molecular weight is 306 g/mol. The molecule has 0 saturated heterocycles. The summed E-state index contributed by atoms with van der Waals surface area (Å²) in [6.45, 7) is 2.62. The molecule has 0 aliphatic carbocycles.